The number of carbonyl (C=O) groups excluding carboxylic acids is 1. The van der Waals surface area contributed by atoms with Crippen LogP contribution < -0.4 is 11.1 Å². The molecule has 110 valence electrons. The summed E-state index contributed by atoms with van der Waals surface area (Å²) in [5.74, 6) is -0.243. The number of hydrogen-bond acceptors (Lipinski definition) is 2. The summed E-state index contributed by atoms with van der Waals surface area (Å²) in [6.45, 7) is 3.94. The Morgan fingerprint density at radius 2 is 1.81 bits per heavy atom. The van der Waals surface area contributed by atoms with Gasteiger partial charge in [-0.2, -0.15) is 0 Å². The summed E-state index contributed by atoms with van der Waals surface area (Å²) in [7, 11) is 0. The average molecular weight is 323 g/mol. The van der Waals surface area contributed by atoms with E-state index in [0.29, 0.717) is 5.56 Å². The van der Waals surface area contributed by atoms with Crippen molar-refractivity contribution in [3.63, 3.8) is 0 Å². The summed E-state index contributed by atoms with van der Waals surface area (Å²) in [6, 6.07) is 10.9. The van der Waals surface area contributed by atoms with E-state index in [1.54, 1.807) is 0 Å². The van der Waals surface area contributed by atoms with Gasteiger partial charge in [0.25, 0.3) is 5.91 Å². The third kappa shape index (κ3) is 3.69. The first-order chi connectivity index (χ1) is 9.88. The molecule has 0 aliphatic rings. The maximum atomic E-state index is 12.3. The zero-order valence-electron chi connectivity index (χ0n) is 11.8. The zero-order chi connectivity index (χ0) is 15.6. The van der Waals surface area contributed by atoms with Crippen molar-refractivity contribution in [2.24, 2.45) is 0 Å². The summed E-state index contributed by atoms with van der Waals surface area (Å²) < 4.78 is 0. The number of rotatable bonds is 3. The number of carbonyl (C=O) groups is 1. The maximum Gasteiger partial charge on any atom is 0.251 e. The Hall–Kier alpha value is -1.71. The molecule has 3 nitrogen and oxygen atoms in total. The van der Waals surface area contributed by atoms with Gasteiger partial charge in [0.2, 0.25) is 0 Å². The van der Waals surface area contributed by atoms with E-state index in [9.17, 15) is 4.79 Å². The number of nitrogen functional groups attached to an aromatic ring is 1. The summed E-state index contributed by atoms with van der Waals surface area (Å²) in [5, 5.41) is 3.46. The van der Waals surface area contributed by atoms with Crippen molar-refractivity contribution in [3.8, 4) is 0 Å². The minimum atomic E-state index is -0.243. The van der Waals surface area contributed by atoms with Gasteiger partial charge >= 0.3 is 0 Å². The van der Waals surface area contributed by atoms with Crippen LogP contribution in [0.3, 0.4) is 0 Å². The molecular formula is C16H16Cl2N2O. The van der Waals surface area contributed by atoms with Crippen molar-refractivity contribution < 1.29 is 4.79 Å². The van der Waals surface area contributed by atoms with Crippen LogP contribution in [0.25, 0.3) is 0 Å². The summed E-state index contributed by atoms with van der Waals surface area (Å²) in [6.07, 6.45) is 0. The van der Waals surface area contributed by atoms with Gasteiger partial charge in [-0.1, -0.05) is 53.0 Å². The highest BCUT2D eigenvalue weighted by atomic mass is 35.5. The first-order valence-corrected chi connectivity index (χ1v) is 7.26. The molecule has 1 atom stereocenters. The van der Waals surface area contributed by atoms with Crippen molar-refractivity contribution in [1.82, 2.24) is 5.32 Å². The van der Waals surface area contributed by atoms with Crippen LogP contribution in [0.4, 0.5) is 5.69 Å². The number of nitrogens with one attached hydrogen (secondary N) is 1. The highest BCUT2D eigenvalue weighted by Crippen LogP contribution is 2.29. The molecule has 2 aromatic rings. The van der Waals surface area contributed by atoms with Gasteiger partial charge in [0.15, 0.2) is 0 Å². The van der Waals surface area contributed by atoms with Crippen molar-refractivity contribution in [2.45, 2.75) is 19.9 Å². The van der Waals surface area contributed by atoms with Crippen LogP contribution in [-0.2, 0) is 0 Å². The minimum absolute atomic E-state index is 0.118. The predicted molar refractivity (Wildman–Crippen MR) is 87.9 cm³/mol. The van der Waals surface area contributed by atoms with Gasteiger partial charge in [-0.25, -0.2) is 0 Å². The third-order valence-electron chi connectivity index (χ3n) is 3.23. The van der Waals surface area contributed by atoms with E-state index < -0.39 is 0 Å². The van der Waals surface area contributed by atoms with Crippen LogP contribution in [0.2, 0.25) is 10.0 Å². The fourth-order valence-corrected chi connectivity index (χ4v) is 2.51. The Morgan fingerprint density at radius 3 is 2.38 bits per heavy atom. The molecule has 0 radical (unpaired) electrons. The third-order valence-corrected chi connectivity index (χ3v) is 3.86. The standard InChI is InChI=1S/C16H16Cl2N2O/c1-9-4-3-5-11(6-9)10(2)20-16(21)12-7-13(17)15(19)14(18)8-12/h3-8,10H,19H2,1-2H3,(H,20,21)/t10-/m1/s1. The SMILES string of the molecule is Cc1cccc([C@@H](C)NC(=O)c2cc(Cl)c(N)c(Cl)c2)c1. The van der Waals surface area contributed by atoms with Crippen molar-refractivity contribution in [2.75, 3.05) is 5.73 Å². The van der Waals surface area contributed by atoms with Gasteiger partial charge < -0.3 is 11.1 Å². The van der Waals surface area contributed by atoms with E-state index in [1.807, 2.05) is 38.1 Å². The summed E-state index contributed by atoms with van der Waals surface area (Å²) in [4.78, 5) is 12.3. The van der Waals surface area contributed by atoms with Gasteiger partial charge in [-0.15, -0.1) is 0 Å². The van der Waals surface area contributed by atoms with Crippen molar-refractivity contribution in [3.05, 3.63) is 63.1 Å². The van der Waals surface area contributed by atoms with Gasteiger partial charge in [0.05, 0.1) is 21.8 Å². The van der Waals surface area contributed by atoms with Gasteiger partial charge in [0.1, 0.15) is 0 Å². The molecule has 0 aliphatic heterocycles. The molecule has 3 N–H and O–H groups in total. The molecule has 5 heteroatoms. The maximum absolute atomic E-state index is 12.3. The van der Waals surface area contributed by atoms with Crippen LogP contribution >= 0.6 is 23.2 Å². The fourth-order valence-electron chi connectivity index (χ4n) is 2.02. The molecular weight excluding hydrogens is 307 g/mol. The van der Waals surface area contributed by atoms with Crippen LogP contribution in [0.5, 0.6) is 0 Å². The largest absolute Gasteiger partial charge is 0.396 e. The fraction of sp³-hybridized carbons (Fsp3) is 0.188. The van der Waals surface area contributed by atoms with Gasteiger partial charge in [-0.3, -0.25) is 4.79 Å². The van der Waals surface area contributed by atoms with Gasteiger partial charge in [-0.05, 0) is 31.5 Å². The Morgan fingerprint density at radius 1 is 1.19 bits per heavy atom. The number of aryl methyl sites for hydroxylation is 1. The predicted octanol–water partition coefficient (Wildman–Crippen LogP) is 4.38. The molecule has 0 unspecified atom stereocenters. The van der Waals surface area contributed by atoms with Crippen LogP contribution in [0.15, 0.2) is 36.4 Å². The first-order valence-electron chi connectivity index (χ1n) is 6.50. The summed E-state index contributed by atoms with van der Waals surface area (Å²) >= 11 is 11.9. The smallest absolute Gasteiger partial charge is 0.251 e. The molecule has 0 spiro atoms. The van der Waals surface area contributed by atoms with E-state index >= 15 is 0 Å². The Labute approximate surface area is 134 Å². The number of amides is 1. The average Bonchev–Trinajstić information content (AvgIpc) is 2.44. The van der Waals surface area contributed by atoms with Crippen LogP contribution in [-0.4, -0.2) is 5.91 Å². The van der Waals surface area contributed by atoms with E-state index in [-0.39, 0.29) is 27.7 Å². The molecule has 0 saturated heterocycles. The van der Waals surface area contributed by atoms with Crippen LogP contribution in [0.1, 0.15) is 34.5 Å². The number of nitrogens with two attached hydrogens (primary N) is 1. The van der Waals surface area contributed by atoms with E-state index in [0.717, 1.165) is 11.1 Å². The Kier molecular flexibility index (Phi) is 4.76. The van der Waals surface area contributed by atoms with E-state index in [2.05, 4.69) is 5.32 Å². The monoisotopic (exact) mass is 322 g/mol. The molecule has 0 aliphatic carbocycles. The normalized spacial score (nSPS) is 12.0. The van der Waals surface area contributed by atoms with Crippen LogP contribution in [0, 0.1) is 6.92 Å². The second-order valence-corrected chi connectivity index (χ2v) is 5.78. The number of anilines is 1. The van der Waals surface area contributed by atoms with Gasteiger partial charge in [0, 0.05) is 5.56 Å². The molecule has 0 bridgehead atoms. The van der Waals surface area contributed by atoms with E-state index in [4.69, 9.17) is 28.9 Å². The zero-order valence-corrected chi connectivity index (χ0v) is 13.3. The summed E-state index contributed by atoms with van der Waals surface area (Å²) in [5.41, 5.74) is 8.51. The van der Waals surface area contributed by atoms with Crippen molar-refractivity contribution in [1.29, 1.82) is 0 Å². The lowest BCUT2D eigenvalue weighted by Crippen LogP contribution is -2.26. The molecule has 21 heavy (non-hydrogen) atoms. The molecule has 0 fully saturated rings. The van der Waals surface area contributed by atoms with E-state index in [1.165, 1.54) is 12.1 Å². The topological polar surface area (TPSA) is 55.1 Å². The molecule has 0 aromatic heterocycles. The lowest BCUT2D eigenvalue weighted by Gasteiger charge is -2.15. The Bertz CT molecular complexity index is 663. The molecule has 2 rings (SSSR count). The lowest BCUT2D eigenvalue weighted by molar-refractivity contribution is 0.0940. The number of halogens is 2. The first kappa shape index (κ1) is 15.7. The molecule has 0 heterocycles. The number of benzene rings is 2. The molecule has 1 amide bonds. The Balaban J connectivity index is 2.18. The second-order valence-electron chi connectivity index (χ2n) is 4.96. The number of hydrogen-bond donors (Lipinski definition) is 2. The molecule has 2 aromatic carbocycles. The molecule has 0 saturated carbocycles. The quantitative estimate of drug-likeness (QED) is 0.824. The highest BCUT2D eigenvalue weighted by molar-refractivity contribution is 6.39. The minimum Gasteiger partial charge on any atom is -0.396 e. The second kappa shape index (κ2) is 6.37. The lowest BCUT2D eigenvalue weighted by atomic mass is 10.1. The van der Waals surface area contributed by atoms with Crippen molar-refractivity contribution >= 4 is 34.8 Å². The highest BCUT2D eigenvalue weighted by Gasteiger charge is 2.14.